The summed E-state index contributed by atoms with van der Waals surface area (Å²) in [5, 5.41) is 15.9. The number of aliphatic hydroxyl groups is 1. The highest BCUT2D eigenvalue weighted by atomic mass is 16.5. The first-order chi connectivity index (χ1) is 12.5. The van der Waals surface area contributed by atoms with E-state index in [1.165, 1.54) is 7.11 Å². The number of benzene rings is 1. The molecule has 0 saturated carbocycles. The molecular formula is C19H24N2O5. The lowest BCUT2D eigenvalue weighted by atomic mass is 9.95. The Morgan fingerprint density at radius 3 is 2.92 bits per heavy atom. The third kappa shape index (κ3) is 3.78. The molecule has 1 aliphatic rings. The first-order valence-electron chi connectivity index (χ1n) is 8.86. The van der Waals surface area contributed by atoms with Gasteiger partial charge in [0.15, 0.2) is 6.23 Å². The molecule has 2 unspecified atom stereocenters. The maximum absolute atomic E-state index is 12.0. The van der Waals surface area contributed by atoms with Gasteiger partial charge in [-0.2, -0.15) is 5.10 Å². The van der Waals surface area contributed by atoms with Crippen molar-refractivity contribution < 1.29 is 24.2 Å². The topological polar surface area (TPSA) is 90.7 Å². The molecular weight excluding hydrogens is 336 g/mol. The average Bonchev–Trinajstić information content (AvgIpc) is 3.05. The van der Waals surface area contributed by atoms with Crippen LogP contribution in [0.5, 0.6) is 0 Å². The van der Waals surface area contributed by atoms with Gasteiger partial charge in [-0.3, -0.25) is 9.59 Å². The van der Waals surface area contributed by atoms with E-state index < -0.39 is 12.1 Å². The van der Waals surface area contributed by atoms with Gasteiger partial charge in [0.1, 0.15) is 12.2 Å². The van der Waals surface area contributed by atoms with E-state index in [2.05, 4.69) is 9.84 Å². The number of aryl methyl sites for hydroxylation is 1. The van der Waals surface area contributed by atoms with Crippen LogP contribution in [0.1, 0.15) is 55.6 Å². The number of aromatic nitrogens is 2. The van der Waals surface area contributed by atoms with Crippen LogP contribution in [0.2, 0.25) is 0 Å². The average molecular weight is 360 g/mol. The number of Topliss-reactive ketones (excluding diaryl/α,β-unsaturated/α-hetero) is 1. The van der Waals surface area contributed by atoms with Crippen LogP contribution in [0.4, 0.5) is 0 Å². The van der Waals surface area contributed by atoms with Crippen LogP contribution < -0.4 is 0 Å². The molecule has 0 bridgehead atoms. The Hall–Kier alpha value is -2.25. The van der Waals surface area contributed by atoms with Crippen molar-refractivity contribution in [1.82, 2.24) is 9.78 Å². The van der Waals surface area contributed by atoms with Gasteiger partial charge in [0.2, 0.25) is 0 Å². The number of methoxy groups -OCH3 is 1. The van der Waals surface area contributed by atoms with Gasteiger partial charge in [-0.05, 0) is 43.4 Å². The summed E-state index contributed by atoms with van der Waals surface area (Å²) in [5.41, 5.74) is 2.42. The first-order valence-corrected chi connectivity index (χ1v) is 8.86. The molecule has 3 rings (SSSR count). The fourth-order valence-corrected chi connectivity index (χ4v) is 3.46. The second-order valence-corrected chi connectivity index (χ2v) is 6.65. The van der Waals surface area contributed by atoms with Gasteiger partial charge < -0.3 is 14.6 Å². The number of carbonyl (C=O) groups is 2. The maximum atomic E-state index is 12.0. The van der Waals surface area contributed by atoms with Crippen molar-refractivity contribution >= 4 is 22.7 Å². The van der Waals surface area contributed by atoms with Crippen LogP contribution in [0.25, 0.3) is 10.9 Å². The Balaban J connectivity index is 1.87. The summed E-state index contributed by atoms with van der Waals surface area (Å²) >= 11 is 0. The van der Waals surface area contributed by atoms with Crippen LogP contribution in [0.15, 0.2) is 18.3 Å². The molecule has 26 heavy (non-hydrogen) atoms. The second kappa shape index (κ2) is 7.97. The van der Waals surface area contributed by atoms with Gasteiger partial charge in [0, 0.05) is 18.4 Å². The number of fused-ring (bicyclic) bond motifs is 1. The van der Waals surface area contributed by atoms with E-state index in [1.807, 2.05) is 23.7 Å². The fraction of sp³-hybridized carbons (Fsp3) is 0.526. The summed E-state index contributed by atoms with van der Waals surface area (Å²) < 4.78 is 12.2. The van der Waals surface area contributed by atoms with E-state index in [4.69, 9.17) is 4.74 Å². The number of aliphatic hydroxyl groups excluding tert-OH is 1. The van der Waals surface area contributed by atoms with Crippen LogP contribution in [0.3, 0.4) is 0 Å². The van der Waals surface area contributed by atoms with E-state index >= 15 is 0 Å². The number of ketones is 1. The molecule has 7 heteroatoms. The molecule has 0 aliphatic carbocycles. The Labute approximate surface area is 151 Å². The predicted octanol–water partition coefficient (Wildman–Crippen LogP) is 2.60. The number of nitrogens with zero attached hydrogens (tertiary/aromatic N) is 2. The van der Waals surface area contributed by atoms with Gasteiger partial charge in [-0.25, -0.2) is 4.68 Å². The highest BCUT2D eigenvalue weighted by molar-refractivity contribution is 5.96. The summed E-state index contributed by atoms with van der Waals surface area (Å²) in [6.07, 6.45) is 3.19. The minimum atomic E-state index is -0.999. The number of rotatable bonds is 6. The second-order valence-electron chi connectivity index (χ2n) is 6.65. The summed E-state index contributed by atoms with van der Waals surface area (Å²) in [5.74, 6) is -0.955. The van der Waals surface area contributed by atoms with E-state index in [1.54, 1.807) is 6.20 Å². The lowest BCUT2D eigenvalue weighted by Gasteiger charge is -2.23. The first kappa shape index (κ1) is 18.5. The highest BCUT2D eigenvalue weighted by Crippen LogP contribution is 2.33. The standard InChI is InChI=1S/C19H24N2O5/c1-12-6-7-15-14(11-20-21(15)17-5-3-4-8-26-17)19(12)16(23)9-13(22)10-18(24)25-2/h6-7,11,16-17,23H,3-5,8-10H2,1-2H3. The summed E-state index contributed by atoms with van der Waals surface area (Å²) in [7, 11) is 1.23. The SMILES string of the molecule is COC(=O)CC(=O)CC(O)c1c(C)ccc2c1cnn2C1CCCCO1. The molecule has 7 nitrogen and oxygen atoms in total. The molecule has 1 saturated heterocycles. The van der Waals surface area contributed by atoms with Crippen molar-refractivity contribution in [2.45, 2.75) is 51.4 Å². The molecule has 140 valence electrons. The molecule has 1 N–H and O–H groups in total. The molecule has 0 amide bonds. The molecule has 2 heterocycles. The van der Waals surface area contributed by atoms with Gasteiger partial charge in [-0.15, -0.1) is 0 Å². The predicted molar refractivity (Wildman–Crippen MR) is 94.5 cm³/mol. The third-order valence-corrected chi connectivity index (χ3v) is 4.79. The molecule has 2 aromatic rings. The maximum Gasteiger partial charge on any atom is 0.313 e. The Kier molecular flexibility index (Phi) is 5.68. The molecule has 2 atom stereocenters. The lowest BCUT2D eigenvalue weighted by Crippen LogP contribution is -2.19. The highest BCUT2D eigenvalue weighted by Gasteiger charge is 2.23. The number of ether oxygens (including phenoxy) is 2. The smallest absolute Gasteiger partial charge is 0.313 e. The number of hydrogen-bond acceptors (Lipinski definition) is 6. The molecule has 1 aromatic heterocycles. The van der Waals surface area contributed by atoms with Crippen molar-refractivity contribution in [2.24, 2.45) is 0 Å². The molecule has 1 fully saturated rings. The van der Waals surface area contributed by atoms with Crippen molar-refractivity contribution in [1.29, 1.82) is 0 Å². The molecule has 1 aliphatic heterocycles. The van der Waals surface area contributed by atoms with Crippen molar-refractivity contribution in [3.63, 3.8) is 0 Å². The van der Waals surface area contributed by atoms with Gasteiger partial charge in [0.05, 0.1) is 24.9 Å². The Morgan fingerprint density at radius 1 is 1.42 bits per heavy atom. The molecule has 1 aromatic carbocycles. The van der Waals surface area contributed by atoms with E-state index in [9.17, 15) is 14.7 Å². The quantitative estimate of drug-likeness (QED) is 0.629. The minimum Gasteiger partial charge on any atom is -0.469 e. The lowest BCUT2D eigenvalue weighted by molar-refractivity contribution is -0.143. The minimum absolute atomic E-state index is 0.102. The largest absolute Gasteiger partial charge is 0.469 e. The van der Waals surface area contributed by atoms with Gasteiger partial charge >= 0.3 is 5.97 Å². The van der Waals surface area contributed by atoms with Crippen molar-refractivity contribution in [2.75, 3.05) is 13.7 Å². The third-order valence-electron chi connectivity index (χ3n) is 4.79. The van der Waals surface area contributed by atoms with Gasteiger partial charge in [-0.1, -0.05) is 6.07 Å². The van der Waals surface area contributed by atoms with Crippen LogP contribution in [-0.2, 0) is 19.1 Å². The van der Waals surface area contributed by atoms with Crippen molar-refractivity contribution in [3.8, 4) is 0 Å². The zero-order valence-electron chi connectivity index (χ0n) is 15.1. The van der Waals surface area contributed by atoms with Gasteiger partial charge in [0.25, 0.3) is 0 Å². The van der Waals surface area contributed by atoms with E-state index in [0.29, 0.717) is 5.56 Å². The van der Waals surface area contributed by atoms with Crippen LogP contribution in [0, 0.1) is 6.92 Å². The Bertz CT molecular complexity index is 808. The summed E-state index contributed by atoms with van der Waals surface area (Å²) in [6, 6.07) is 3.87. The fourth-order valence-electron chi connectivity index (χ4n) is 3.46. The van der Waals surface area contributed by atoms with Crippen LogP contribution >= 0.6 is 0 Å². The van der Waals surface area contributed by atoms with E-state index in [-0.39, 0.29) is 24.9 Å². The number of hydrogen-bond donors (Lipinski definition) is 1. The molecule has 0 spiro atoms. The zero-order valence-corrected chi connectivity index (χ0v) is 15.1. The Morgan fingerprint density at radius 2 is 2.23 bits per heavy atom. The monoisotopic (exact) mass is 360 g/mol. The van der Waals surface area contributed by atoms with E-state index in [0.717, 1.165) is 42.3 Å². The number of carbonyl (C=O) groups excluding carboxylic acids is 2. The number of esters is 1. The normalized spacial score (nSPS) is 18.7. The summed E-state index contributed by atoms with van der Waals surface area (Å²) in [4.78, 5) is 23.2. The van der Waals surface area contributed by atoms with Crippen molar-refractivity contribution in [3.05, 3.63) is 29.5 Å². The zero-order chi connectivity index (χ0) is 18.7. The molecule has 0 radical (unpaired) electrons. The summed E-state index contributed by atoms with van der Waals surface area (Å²) in [6.45, 7) is 2.60. The van der Waals surface area contributed by atoms with Crippen LogP contribution in [-0.4, -0.2) is 40.4 Å².